The zero-order valence-corrected chi connectivity index (χ0v) is 20.5. The van der Waals surface area contributed by atoms with Crippen LogP contribution in [0.1, 0.15) is 19.3 Å². The van der Waals surface area contributed by atoms with E-state index in [1.807, 2.05) is 6.07 Å². The molecule has 3 N–H and O–H groups in total. The van der Waals surface area contributed by atoms with E-state index in [1.54, 1.807) is 42.9 Å². The van der Waals surface area contributed by atoms with Crippen LogP contribution in [-0.2, 0) is 4.79 Å². The van der Waals surface area contributed by atoms with Crippen molar-refractivity contribution in [1.82, 2.24) is 30.1 Å². The number of hydrogen-bond donors (Lipinski definition) is 3. The minimum absolute atomic E-state index is 0.0176. The van der Waals surface area contributed by atoms with Gasteiger partial charge < -0.3 is 10.3 Å². The fourth-order valence-corrected chi connectivity index (χ4v) is 4.90. The molecule has 1 aliphatic rings. The summed E-state index contributed by atoms with van der Waals surface area (Å²) in [6.45, 7) is 0. The quantitative estimate of drug-likeness (QED) is 0.248. The number of carbonyl (C=O) groups excluding carboxylic acids is 1. The number of H-pyrrole nitrogens is 2. The lowest BCUT2D eigenvalue weighted by Gasteiger charge is -2.24. The summed E-state index contributed by atoms with van der Waals surface area (Å²) in [5.41, 5.74) is 4.82. The topological polar surface area (TPSA) is 112 Å². The highest BCUT2D eigenvalue weighted by atomic mass is 19.1. The van der Waals surface area contributed by atoms with Crippen LogP contribution < -0.4 is 5.32 Å². The molecule has 1 saturated carbocycles. The van der Waals surface area contributed by atoms with Crippen molar-refractivity contribution in [2.24, 2.45) is 5.92 Å². The van der Waals surface area contributed by atoms with Crippen molar-refractivity contribution in [3.8, 4) is 33.9 Å². The Labute approximate surface area is 220 Å². The second kappa shape index (κ2) is 9.09. The Hall–Kier alpha value is -4.99. The molecule has 0 spiro atoms. The molecule has 0 unspecified atom stereocenters. The van der Waals surface area contributed by atoms with Crippen molar-refractivity contribution in [1.29, 1.82) is 0 Å². The van der Waals surface area contributed by atoms with E-state index in [0.29, 0.717) is 56.0 Å². The zero-order valence-electron chi connectivity index (χ0n) is 20.5. The lowest BCUT2D eigenvalue weighted by Crippen LogP contribution is -2.28. The number of benzene rings is 2. The van der Waals surface area contributed by atoms with Crippen molar-refractivity contribution >= 4 is 33.5 Å². The first-order valence-electron chi connectivity index (χ1n) is 12.6. The van der Waals surface area contributed by atoms with Gasteiger partial charge in [-0.1, -0.05) is 18.6 Å². The molecule has 6 aromatic rings. The van der Waals surface area contributed by atoms with E-state index in [1.165, 1.54) is 18.2 Å². The lowest BCUT2D eigenvalue weighted by molar-refractivity contribution is -0.122. The highest BCUT2D eigenvalue weighted by Crippen LogP contribution is 2.34. The molecule has 4 heterocycles. The van der Waals surface area contributed by atoms with Gasteiger partial charge in [0, 0.05) is 34.8 Å². The second-order valence-electron chi connectivity index (χ2n) is 9.68. The molecule has 0 saturated heterocycles. The molecule has 0 radical (unpaired) electrons. The predicted octanol–water partition coefficient (Wildman–Crippen LogP) is 6.25. The SMILES string of the molecule is O=C(Nc1cncc(-c2cc(F)c3n[nH]c(-c4nc5c(-c6cccc(F)c6)nccc5[nH]4)c3c2)c1)C1CCC1. The second-order valence-corrected chi connectivity index (χ2v) is 9.68. The molecule has 4 aromatic heterocycles. The molecule has 0 aliphatic heterocycles. The molecule has 10 heteroatoms. The molecule has 192 valence electrons. The third-order valence-electron chi connectivity index (χ3n) is 7.16. The van der Waals surface area contributed by atoms with Crippen LogP contribution in [0.4, 0.5) is 14.5 Å². The maximum atomic E-state index is 15.2. The average Bonchev–Trinajstić information content (AvgIpc) is 3.52. The van der Waals surface area contributed by atoms with Crippen LogP contribution in [0.2, 0.25) is 0 Å². The first-order chi connectivity index (χ1) is 19.0. The van der Waals surface area contributed by atoms with E-state index >= 15 is 4.39 Å². The van der Waals surface area contributed by atoms with Crippen LogP contribution in [0.5, 0.6) is 0 Å². The standard InChI is InChI=1S/C29H21F2N7O/c30-19-6-2-5-16(9-19)24-27-23(7-8-33-24)35-28(36-27)26-21-11-17(12-22(31)25(21)37-38-26)18-10-20(14-32-13-18)34-29(39)15-3-1-4-15/h2,5-15H,1,3-4H2,(H,34,39)(H,35,36)(H,37,38). The smallest absolute Gasteiger partial charge is 0.227 e. The number of nitrogens with zero attached hydrogens (tertiary/aromatic N) is 4. The van der Waals surface area contributed by atoms with Gasteiger partial charge >= 0.3 is 0 Å². The highest BCUT2D eigenvalue weighted by molar-refractivity contribution is 5.98. The lowest BCUT2D eigenvalue weighted by atomic mass is 9.85. The van der Waals surface area contributed by atoms with E-state index in [4.69, 9.17) is 4.98 Å². The minimum Gasteiger partial charge on any atom is -0.337 e. The summed E-state index contributed by atoms with van der Waals surface area (Å²) in [5.74, 6) is -0.417. The number of rotatable bonds is 5. The fourth-order valence-electron chi connectivity index (χ4n) is 4.90. The van der Waals surface area contributed by atoms with E-state index in [9.17, 15) is 9.18 Å². The number of fused-ring (bicyclic) bond motifs is 2. The molecule has 1 aliphatic carbocycles. The summed E-state index contributed by atoms with van der Waals surface area (Å²) in [7, 11) is 0. The van der Waals surface area contributed by atoms with Gasteiger partial charge in [-0.05, 0) is 54.8 Å². The largest absolute Gasteiger partial charge is 0.337 e. The van der Waals surface area contributed by atoms with Gasteiger partial charge in [0.05, 0.1) is 23.1 Å². The maximum absolute atomic E-state index is 15.2. The molecular weight excluding hydrogens is 500 g/mol. The summed E-state index contributed by atoms with van der Waals surface area (Å²) in [6.07, 6.45) is 7.68. The molecule has 1 amide bonds. The summed E-state index contributed by atoms with van der Waals surface area (Å²) >= 11 is 0. The molecule has 8 nitrogen and oxygen atoms in total. The summed E-state index contributed by atoms with van der Waals surface area (Å²) in [6, 6.07) is 12.9. The van der Waals surface area contributed by atoms with Crippen molar-refractivity contribution in [3.05, 3.63) is 78.8 Å². The molecule has 7 rings (SSSR count). The van der Waals surface area contributed by atoms with Crippen molar-refractivity contribution in [2.75, 3.05) is 5.32 Å². The first-order valence-corrected chi connectivity index (χ1v) is 12.6. The van der Waals surface area contributed by atoms with Crippen LogP contribution in [0.25, 0.3) is 55.8 Å². The van der Waals surface area contributed by atoms with Crippen molar-refractivity contribution in [2.45, 2.75) is 19.3 Å². The van der Waals surface area contributed by atoms with Crippen LogP contribution in [0, 0.1) is 17.6 Å². The Morgan fingerprint density at radius 1 is 0.974 bits per heavy atom. The Bertz CT molecular complexity index is 1890. The fraction of sp³-hybridized carbons (Fsp3) is 0.138. The number of aromatic nitrogens is 6. The number of halogens is 2. The summed E-state index contributed by atoms with van der Waals surface area (Å²) in [4.78, 5) is 29.0. The van der Waals surface area contributed by atoms with Gasteiger partial charge in [0.2, 0.25) is 5.91 Å². The summed E-state index contributed by atoms with van der Waals surface area (Å²) in [5, 5.41) is 10.5. The van der Waals surface area contributed by atoms with Gasteiger partial charge in [0.25, 0.3) is 0 Å². The minimum atomic E-state index is -0.507. The Morgan fingerprint density at radius 2 is 1.87 bits per heavy atom. The van der Waals surface area contributed by atoms with Gasteiger partial charge in [-0.25, -0.2) is 13.8 Å². The van der Waals surface area contributed by atoms with Crippen molar-refractivity contribution < 1.29 is 13.6 Å². The normalized spacial score (nSPS) is 13.6. The maximum Gasteiger partial charge on any atom is 0.227 e. The molecule has 2 aromatic carbocycles. The van der Waals surface area contributed by atoms with Gasteiger partial charge in [0.1, 0.15) is 22.5 Å². The number of nitrogens with one attached hydrogen (secondary N) is 3. The van der Waals surface area contributed by atoms with Gasteiger partial charge in [-0.3, -0.25) is 19.9 Å². The molecule has 1 fully saturated rings. The van der Waals surface area contributed by atoms with Crippen LogP contribution >= 0.6 is 0 Å². The molecule has 39 heavy (non-hydrogen) atoms. The predicted molar refractivity (Wildman–Crippen MR) is 144 cm³/mol. The summed E-state index contributed by atoms with van der Waals surface area (Å²) < 4.78 is 29.1. The van der Waals surface area contributed by atoms with Gasteiger partial charge in [-0.15, -0.1) is 0 Å². The molecule has 0 atom stereocenters. The van der Waals surface area contributed by atoms with E-state index in [0.717, 1.165) is 19.3 Å². The number of amides is 1. The number of pyridine rings is 2. The average molecular weight is 522 g/mol. The Balaban J connectivity index is 1.29. The monoisotopic (exact) mass is 521 g/mol. The van der Waals surface area contributed by atoms with Crippen LogP contribution in [-0.4, -0.2) is 36.0 Å². The van der Waals surface area contributed by atoms with Crippen LogP contribution in [0.3, 0.4) is 0 Å². The van der Waals surface area contributed by atoms with E-state index in [-0.39, 0.29) is 23.2 Å². The Morgan fingerprint density at radius 3 is 2.69 bits per heavy atom. The molecule has 0 bridgehead atoms. The Kier molecular flexibility index (Phi) is 5.39. The van der Waals surface area contributed by atoms with E-state index < -0.39 is 5.82 Å². The van der Waals surface area contributed by atoms with E-state index in [2.05, 4.69) is 30.5 Å². The third-order valence-corrected chi connectivity index (χ3v) is 7.16. The number of hydrogen-bond acceptors (Lipinski definition) is 5. The van der Waals surface area contributed by atoms with Gasteiger partial charge in [-0.2, -0.15) is 5.10 Å². The number of imidazole rings is 1. The highest BCUT2D eigenvalue weighted by Gasteiger charge is 2.25. The molecular formula is C29H21F2N7O. The number of anilines is 1. The van der Waals surface area contributed by atoms with Gasteiger partial charge in [0.15, 0.2) is 11.6 Å². The zero-order chi connectivity index (χ0) is 26.5. The third kappa shape index (κ3) is 4.10. The van der Waals surface area contributed by atoms with Crippen molar-refractivity contribution in [3.63, 3.8) is 0 Å². The number of carbonyl (C=O) groups is 1. The first kappa shape index (κ1) is 23.2. The number of aromatic amines is 2. The van der Waals surface area contributed by atoms with Crippen LogP contribution in [0.15, 0.2) is 67.1 Å².